The van der Waals surface area contributed by atoms with E-state index < -0.39 is 5.92 Å². The van der Waals surface area contributed by atoms with Gasteiger partial charge in [0.25, 0.3) is 5.56 Å². The fourth-order valence-corrected chi connectivity index (χ4v) is 6.89. The molecule has 0 radical (unpaired) electrons. The number of aromatic nitrogens is 4. The molecule has 2 bridgehead atoms. The van der Waals surface area contributed by atoms with Gasteiger partial charge in [-0.1, -0.05) is 60.7 Å². The largest absolute Gasteiger partial charge is 1.00 e. The molecule has 2 aromatic carbocycles. The molecule has 4 aromatic rings. The van der Waals surface area contributed by atoms with Crippen LogP contribution in [0.15, 0.2) is 76.6 Å². The Kier molecular flexibility index (Phi) is 8.47. The van der Waals surface area contributed by atoms with E-state index in [1.807, 2.05) is 65.2 Å². The lowest BCUT2D eigenvalue weighted by molar-refractivity contribution is -0.942. The number of esters is 1. The summed E-state index contributed by atoms with van der Waals surface area (Å²) in [5.41, 5.74) is 2.12. The number of nitrogens with zero attached hydrogens (tertiary/aromatic N) is 4. The first-order chi connectivity index (χ1) is 19.4. The molecule has 0 saturated carbocycles. The first kappa shape index (κ1) is 28.8. The zero-order chi connectivity index (χ0) is 27.8. The van der Waals surface area contributed by atoms with E-state index in [-0.39, 0.29) is 35.7 Å². The maximum absolute atomic E-state index is 13.5. The SMILES string of the molecule is Cn1c(=O)c2c(ncn2CCC[NH+]2C3CCC2CC(OC(=O)C(c2ccccc2)c2ccccc2)C3)n(C)c1=O.[Cl-]. The van der Waals surface area contributed by atoms with Crippen molar-refractivity contribution in [3.63, 3.8) is 0 Å². The van der Waals surface area contributed by atoms with Crippen LogP contribution in [0, 0.1) is 0 Å². The van der Waals surface area contributed by atoms with Crippen LogP contribution in [-0.4, -0.2) is 49.4 Å². The van der Waals surface area contributed by atoms with Crippen molar-refractivity contribution in [1.29, 1.82) is 0 Å². The maximum Gasteiger partial charge on any atom is 0.332 e. The van der Waals surface area contributed by atoms with E-state index in [0.717, 1.165) is 54.3 Å². The number of halogens is 1. The van der Waals surface area contributed by atoms with Gasteiger partial charge in [-0.15, -0.1) is 0 Å². The Morgan fingerprint density at radius 3 is 2.12 bits per heavy atom. The number of piperidine rings is 1. The molecule has 41 heavy (non-hydrogen) atoms. The lowest BCUT2D eigenvalue weighted by atomic mass is 9.91. The van der Waals surface area contributed by atoms with Crippen molar-refractivity contribution in [1.82, 2.24) is 18.7 Å². The highest BCUT2D eigenvalue weighted by atomic mass is 35.5. The van der Waals surface area contributed by atoms with Crippen LogP contribution in [0.25, 0.3) is 11.2 Å². The van der Waals surface area contributed by atoms with E-state index in [9.17, 15) is 14.4 Å². The zero-order valence-corrected chi connectivity index (χ0v) is 24.2. The smallest absolute Gasteiger partial charge is 0.332 e. The molecule has 2 aliphatic rings. The summed E-state index contributed by atoms with van der Waals surface area (Å²) < 4.78 is 10.7. The van der Waals surface area contributed by atoms with E-state index >= 15 is 0 Å². The predicted molar refractivity (Wildman–Crippen MR) is 151 cm³/mol. The standard InChI is InChI=1S/C31H35N5O4.ClH/c1-33-28-27(29(37)34(2)31(33)39)35(20-32-28)16-9-17-36-23-14-15-24(36)19-25(18-23)40-30(38)26(21-10-5-3-6-11-21)22-12-7-4-8-13-22;/h3-8,10-13,20,23-26H,9,14-19H2,1-2H3;1H. The average molecular weight is 578 g/mol. The Morgan fingerprint density at radius 1 is 0.951 bits per heavy atom. The summed E-state index contributed by atoms with van der Waals surface area (Å²) in [7, 11) is 3.14. The number of benzene rings is 2. The molecule has 9 nitrogen and oxygen atoms in total. The van der Waals surface area contributed by atoms with Crippen LogP contribution >= 0.6 is 0 Å². The molecule has 2 aliphatic heterocycles. The average Bonchev–Trinajstić information content (AvgIpc) is 3.49. The summed E-state index contributed by atoms with van der Waals surface area (Å²) in [4.78, 5) is 44.5. The number of quaternary nitrogens is 1. The summed E-state index contributed by atoms with van der Waals surface area (Å²) in [5.74, 6) is -0.601. The summed E-state index contributed by atoms with van der Waals surface area (Å²) in [6.45, 7) is 1.65. The zero-order valence-electron chi connectivity index (χ0n) is 23.4. The third-order valence-electron chi connectivity index (χ3n) is 8.87. The van der Waals surface area contributed by atoms with Crippen molar-refractivity contribution in [3.8, 4) is 0 Å². The molecule has 4 heterocycles. The van der Waals surface area contributed by atoms with Crippen molar-refractivity contribution in [2.24, 2.45) is 14.1 Å². The second-order valence-electron chi connectivity index (χ2n) is 11.3. The van der Waals surface area contributed by atoms with Crippen LogP contribution in [0.3, 0.4) is 0 Å². The van der Waals surface area contributed by atoms with Gasteiger partial charge >= 0.3 is 11.7 Å². The van der Waals surface area contributed by atoms with Crippen LogP contribution in [0.4, 0.5) is 0 Å². The van der Waals surface area contributed by atoms with E-state index in [2.05, 4.69) is 4.98 Å². The number of hydrogen-bond acceptors (Lipinski definition) is 5. The number of carbonyl (C=O) groups is 1. The second kappa shape index (κ2) is 12.0. The van der Waals surface area contributed by atoms with E-state index in [1.54, 1.807) is 18.3 Å². The van der Waals surface area contributed by atoms with Crippen molar-refractivity contribution in [2.45, 2.75) is 62.8 Å². The molecule has 0 spiro atoms. The third-order valence-corrected chi connectivity index (χ3v) is 8.87. The van der Waals surface area contributed by atoms with Crippen LogP contribution < -0.4 is 28.6 Å². The highest BCUT2D eigenvalue weighted by Gasteiger charge is 2.45. The Labute approximate surface area is 244 Å². The Balaban J connectivity index is 0.00000337. The quantitative estimate of drug-likeness (QED) is 0.265. The molecule has 2 aromatic heterocycles. The molecular weight excluding hydrogens is 542 g/mol. The topological polar surface area (TPSA) is 92.6 Å². The molecule has 2 saturated heterocycles. The van der Waals surface area contributed by atoms with Crippen LogP contribution in [0.2, 0.25) is 0 Å². The van der Waals surface area contributed by atoms with Gasteiger partial charge in [-0.05, 0) is 11.1 Å². The number of aryl methyl sites for hydroxylation is 2. The van der Waals surface area contributed by atoms with E-state index in [4.69, 9.17) is 4.74 Å². The number of hydrogen-bond donors (Lipinski definition) is 1. The molecule has 6 rings (SSSR count). The number of imidazole rings is 1. The number of carbonyl (C=O) groups excluding carboxylic acids is 1. The fraction of sp³-hybridized carbons (Fsp3) is 0.419. The van der Waals surface area contributed by atoms with Gasteiger partial charge in [0.05, 0.1) is 25.0 Å². The van der Waals surface area contributed by atoms with Crippen molar-refractivity contribution in [3.05, 3.63) is 99.0 Å². The predicted octanol–water partition coefficient (Wildman–Crippen LogP) is -1.22. The van der Waals surface area contributed by atoms with Crippen LogP contribution in [0.5, 0.6) is 0 Å². The van der Waals surface area contributed by atoms with Gasteiger partial charge in [-0.3, -0.25) is 18.7 Å². The fourth-order valence-electron chi connectivity index (χ4n) is 6.89. The minimum Gasteiger partial charge on any atom is -1.00 e. The van der Waals surface area contributed by atoms with Gasteiger partial charge in [0.15, 0.2) is 11.2 Å². The van der Waals surface area contributed by atoms with Crippen molar-refractivity contribution < 1.29 is 26.8 Å². The van der Waals surface area contributed by atoms with Gasteiger partial charge in [0, 0.05) is 52.7 Å². The highest BCUT2D eigenvalue weighted by molar-refractivity contribution is 5.82. The summed E-state index contributed by atoms with van der Waals surface area (Å²) in [6, 6.07) is 20.7. The second-order valence-corrected chi connectivity index (χ2v) is 11.3. The first-order valence-electron chi connectivity index (χ1n) is 14.2. The van der Waals surface area contributed by atoms with E-state index in [0.29, 0.717) is 29.8 Å². The molecule has 2 atom stereocenters. The molecular formula is C31H36ClN5O4. The summed E-state index contributed by atoms with van der Waals surface area (Å²) >= 11 is 0. The lowest BCUT2D eigenvalue weighted by Crippen LogP contribution is -3.18. The molecule has 2 unspecified atom stereocenters. The number of nitrogens with one attached hydrogen (secondary N) is 1. The summed E-state index contributed by atoms with van der Waals surface area (Å²) in [5, 5.41) is 0. The van der Waals surface area contributed by atoms with Gasteiger partial charge in [0.2, 0.25) is 0 Å². The normalized spacial score (nSPS) is 21.6. The molecule has 0 aliphatic carbocycles. The highest BCUT2D eigenvalue weighted by Crippen LogP contribution is 2.30. The maximum atomic E-state index is 13.5. The van der Waals surface area contributed by atoms with Gasteiger partial charge in [-0.25, -0.2) is 9.78 Å². The molecule has 1 N–H and O–H groups in total. The van der Waals surface area contributed by atoms with E-state index in [1.165, 1.54) is 11.6 Å². The molecule has 216 valence electrons. The van der Waals surface area contributed by atoms with Crippen molar-refractivity contribution >= 4 is 17.1 Å². The lowest BCUT2D eigenvalue weighted by Gasteiger charge is -2.36. The monoisotopic (exact) mass is 577 g/mol. The number of fused-ring (bicyclic) bond motifs is 3. The minimum absolute atomic E-state index is 0. The van der Waals surface area contributed by atoms with Crippen LogP contribution in [0.1, 0.15) is 49.1 Å². The Morgan fingerprint density at radius 2 is 1.54 bits per heavy atom. The van der Waals surface area contributed by atoms with Gasteiger partial charge in [-0.2, -0.15) is 0 Å². The van der Waals surface area contributed by atoms with Gasteiger partial charge in [0.1, 0.15) is 12.0 Å². The number of rotatable bonds is 8. The minimum atomic E-state index is -0.428. The first-order valence-corrected chi connectivity index (χ1v) is 14.2. The Hall–Kier alpha value is -3.69. The molecule has 0 amide bonds. The third kappa shape index (κ3) is 5.48. The van der Waals surface area contributed by atoms with Gasteiger partial charge < -0.3 is 26.6 Å². The number of ether oxygens (including phenoxy) is 1. The van der Waals surface area contributed by atoms with Crippen molar-refractivity contribution in [2.75, 3.05) is 6.54 Å². The Bertz CT molecular complexity index is 1580. The van der Waals surface area contributed by atoms with Crippen LogP contribution in [-0.2, 0) is 30.2 Å². The molecule has 2 fully saturated rings. The summed E-state index contributed by atoms with van der Waals surface area (Å²) in [6.07, 6.45) is 6.54. The molecule has 10 heteroatoms.